The molecule has 0 aliphatic carbocycles. The second kappa shape index (κ2) is 13.9. The van der Waals surface area contributed by atoms with Crippen LogP contribution in [0.5, 0.6) is 0 Å². The fraction of sp³-hybridized carbons (Fsp3) is 0.357. The minimum Gasteiger partial charge on any atom is -0.478 e. The van der Waals surface area contributed by atoms with Gasteiger partial charge in [0.15, 0.2) is 0 Å². The lowest BCUT2D eigenvalue weighted by Crippen LogP contribution is -2.27. The molecular formula is C28H33NO3. The second-order valence-electron chi connectivity index (χ2n) is 7.88. The Labute approximate surface area is 192 Å². The molecule has 0 aliphatic rings. The van der Waals surface area contributed by atoms with Crippen LogP contribution in [0.15, 0.2) is 54.6 Å². The number of carbonyl (C=O) groups excluding carboxylic acids is 1. The molecule has 0 spiro atoms. The van der Waals surface area contributed by atoms with Crippen molar-refractivity contribution in [2.75, 3.05) is 4.90 Å². The van der Waals surface area contributed by atoms with Crippen LogP contribution >= 0.6 is 0 Å². The lowest BCUT2D eigenvalue weighted by Gasteiger charge is -2.21. The third kappa shape index (κ3) is 9.22. The summed E-state index contributed by atoms with van der Waals surface area (Å²) < 4.78 is 0. The van der Waals surface area contributed by atoms with Crippen molar-refractivity contribution in [3.63, 3.8) is 0 Å². The molecule has 0 unspecified atom stereocenters. The molecule has 0 fully saturated rings. The van der Waals surface area contributed by atoms with E-state index in [1.54, 1.807) is 24.0 Å². The summed E-state index contributed by atoms with van der Waals surface area (Å²) in [6, 6.07) is 15.3. The number of benzene rings is 2. The Morgan fingerprint density at radius 3 is 2.22 bits per heavy atom. The molecule has 0 bridgehead atoms. The number of anilines is 1. The van der Waals surface area contributed by atoms with E-state index in [0.29, 0.717) is 6.54 Å². The fourth-order valence-corrected chi connectivity index (χ4v) is 3.35. The topological polar surface area (TPSA) is 57.6 Å². The number of hydrogen-bond acceptors (Lipinski definition) is 2. The van der Waals surface area contributed by atoms with Gasteiger partial charge in [-0.25, -0.2) is 4.79 Å². The third-order valence-electron chi connectivity index (χ3n) is 5.19. The number of hydrogen-bond donors (Lipinski definition) is 1. The van der Waals surface area contributed by atoms with Gasteiger partial charge in [-0.05, 0) is 47.9 Å². The summed E-state index contributed by atoms with van der Waals surface area (Å²) in [4.78, 5) is 24.6. The average molecular weight is 432 g/mol. The number of aliphatic carboxylic acids is 1. The highest BCUT2D eigenvalue weighted by atomic mass is 16.4. The van der Waals surface area contributed by atoms with Crippen LogP contribution in [0.25, 0.3) is 6.08 Å². The van der Waals surface area contributed by atoms with Gasteiger partial charge in [-0.15, -0.1) is 0 Å². The molecule has 1 N–H and O–H groups in total. The van der Waals surface area contributed by atoms with Crippen LogP contribution < -0.4 is 4.90 Å². The zero-order chi connectivity index (χ0) is 23.2. The van der Waals surface area contributed by atoms with Gasteiger partial charge in [0.2, 0.25) is 5.91 Å². The van der Waals surface area contributed by atoms with Crippen molar-refractivity contribution in [3.8, 4) is 11.8 Å². The number of carbonyl (C=O) groups is 2. The molecule has 0 radical (unpaired) electrons. The zero-order valence-corrected chi connectivity index (χ0v) is 19.1. The highest BCUT2D eigenvalue weighted by Gasteiger charge is 2.12. The van der Waals surface area contributed by atoms with E-state index >= 15 is 0 Å². The Morgan fingerprint density at radius 2 is 1.59 bits per heavy atom. The van der Waals surface area contributed by atoms with E-state index < -0.39 is 5.97 Å². The molecule has 0 atom stereocenters. The molecule has 2 rings (SSSR count). The molecule has 4 nitrogen and oxygen atoms in total. The number of rotatable bonds is 11. The first-order chi connectivity index (χ1) is 15.5. The van der Waals surface area contributed by atoms with Crippen LogP contribution in [0.1, 0.15) is 75.5 Å². The SMILES string of the molecule is CCCCCCCCC#Cc1ccc(CN(C(C)=O)c2ccc(/C=C/C(=O)O)cc2)cc1. The summed E-state index contributed by atoms with van der Waals surface area (Å²) in [5.74, 6) is 5.45. The van der Waals surface area contributed by atoms with Gasteiger partial charge in [-0.1, -0.05) is 75.1 Å². The van der Waals surface area contributed by atoms with E-state index in [1.165, 1.54) is 38.2 Å². The van der Waals surface area contributed by atoms with Crippen molar-refractivity contribution in [2.45, 2.75) is 65.3 Å². The quantitative estimate of drug-likeness (QED) is 0.253. The summed E-state index contributed by atoms with van der Waals surface area (Å²) in [5.41, 5.74) is 3.55. The van der Waals surface area contributed by atoms with Crippen molar-refractivity contribution >= 4 is 23.6 Å². The predicted octanol–water partition coefficient (Wildman–Crippen LogP) is 6.44. The van der Waals surface area contributed by atoms with Crippen LogP contribution in [-0.2, 0) is 16.1 Å². The Balaban J connectivity index is 1.92. The first kappa shape index (κ1) is 24.9. The minimum atomic E-state index is -0.991. The summed E-state index contributed by atoms with van der Waals surface area (Å²) in [6.07, 6.45) is 11.2. The smallest absolute Gasteiger partial charge is 0.328 e. The number of nitrogens with zero attached hydrogens (tertiary/aromatic N) is 1. The molecule has 0 aliphatic heterocycles. The summed E-state index contributed by atoms with van der Waals surface area (Å²) >= 11 is 0. The first-order valence-electron chi connectivity index (χ1n) is 11.4. The maximum absolute atomic E-state index is 12.2. The Bertz CT molecular complexity index is 947. The molecule has 4 heteroatoms. The van der Waals surface area contributed by atoms with Crippen LogP contribution in [0.4, 0.5) is 5.69 Å². The lowest BCUT2D eigenvalue weighted by atomic mass is 10.1. The normalized spacial score (nSPS) is 10.6. The van der Waals surface area contributed by atoms with Crippen molar-refractivity contribution in [2.24, 2.45) is 0 Å². The van der Waals surface area contributed by atoms with E-state index in [1.807, 2.05) is 36.4 Å². The molecule has 0 saturated heterocycles. The highest BCUT2D eigenvalue weighted by Crippen LogP contribution is 2.19. The van der Waals surface area contributed by atoms with E-state index in [0.717, 1.165) is 41.3 Å². The maximum Gasteiger partial charge on any atom is 0.328 e. The Hall–Kier alpha value is -3.32. The van der Waals surface area contributed by atoms with E-state index in [4.69, 9.17) is 5.11 Å². The summed E-state index contributed by atoms with van der Waals surface area (Å²) in [7, 11) is 0. The molecule has 168 valence electrons. The van der Waals surface area contributed by atoms with Crippen molar-refractivity contribution < 1.29 is 14.7 Å². The van der Waals surface area contributed by atoms with E-state index in [-0.39, 0.29) is 5.91 Å². The van der Waals surface area contributed by atoms with Crippen LogP contribution in [-0.4, -0.2) is 17.0 Å². The van der Waals surface area contributed by atoms with Gasteiger partial charge in [0.1, 0.15) is 0 Å². The number of carboxylic acids is 1. The molecule has 1 amide bonds. The van der Waals surface area contributed by atoms with E-state index in [2.05, 4.69) is 18.8 Å². The second-order valence-corrected chi connectivity index (χ2v) is 7.88. The van der Waals surface area contributed by atoms with Crippen molar-refractivity contribution in [3.05, 3.63) is 71.3 Å². The minimum absolute atomic E-state index is 0.0540. The molecule has 32 heavy (non-hydrogen) atoms. The highest BCUT2D eigenvalue weighted by molar-refractivity contribution is 5.91. The van der Waals surface area contributed by atoms with Crippen LogP contribution in [0.2, 0.25) is 0 Å². The first-order valence-corrected chi connectivity index (χ1v) is 11.4. The number of carboxylic acid groups (broad SMARTS) is 1. The van der Waals surface area contributed by atoms with Gasteiger partial charge >= 0.3 is 5.97 Å². The average Bonchev–Trinajstić information content (AvgIpc) is 2.79. The summed E-state index contributed by atoms with van der Waals surface area (Å²) in [5, 5.41) is 8.73. The van der Waals surface area contributed by atoms with Gasteiger partial charge in [-0.3, -0.25) is 4.79 Å². The maximum atomic E-state index is 12.2. The van der Waals surface area contributed by atoms with E-state index in [9.17, 15) is 9.59 Å². The molecule has 0 heterocycles. The summed E-state index contributed by atoms with van der Waals surface area (Å²) in [6.45, 7) is 4.24. The molecule has 2 aromatic rings. The molecule has 0 aromatic heterocycles. The van der Waals surface area contributed by atoms with Crippen LogP contribution in [0, 0.1) is 11.8 Å². The van der Waals surface area contributed by atoms with Gasteiger partial charge in [0.25, 0.3) is 0 Å². The standard InChI is InChI=1S/C28H33NO3/c1-3-4-5-6-7-8-9-10-11-24-12-14-26(15-13-24)22-29(23(2)30)27-19-16-25(17-20-27)18-21-28(31)32/h12-21H,3-9,22H2,1-2H3,(H,31,32)/b21-18+. The van der Waals surface area contributed by atoms with Crippen LogP contribution in [0.3, 0.4) is 0 Å². The molecule has 0 saturated carbocycles. The lowest BCUT2D eigenvalue weighted by molar-refractivity contribution is -0.131. The monoisotopic (exact) mass is 431 g/mol. The zero-order valence-electron chi connectivity index (χ0n) is 19.1. The predicted molar refractivity (Wildman–Crippen MR) is 131 cm³/mol. The molecular weight excluding hydrogens is 398 g/mol. The Kier molecular flexibility index (Phi) is 10.8. The van der Waals surface area contributed by atoms with Gasteiger partial charge in [0, 0.05) is 30.7 Å². The molecule has 2 aromatic carbocycles. The fourth-order valence-electron chi connectivity index (χ4n) is 3.35. The van der Waals surface area contributed by atoms with Gasteiger partial charge < -0.3 is 10.0 Å². The van der Waals surface area contributed by atoms with Gasteiger partial charge in [0.05, 0.1) is 6.54 Å². The third-order valence-corrected chi connectivity index (χ3v) is 5.19. The van der Waals surface area contributed by atoms with Crippen molar-refractivity contribution in [1.29, 1.82) is 0 Å². The van der Waals surface area contributed by atoms with Gasteiger partial charge in [-0.2, -0.15) is 0 Å². The Morgan fingerprint density at radius 1 is 0.938 bits per heavy atom. The van der Waals surface area contributed by atoms with Crippen molar-refractivity contribution in [1.82, 2.24) is 0 Å². The number of amides is 1. The number of unbranched alkanes of at least 4 members (excludes halogenated alkanes) is 6. The largest absolute Gasteiger partial charge is 0.478 e.